The van der Waals surface area contributed by atoms with E-state index in [4.69, 9.17) is 13.3 Å². The molecule has 0 bridgehead atoms. The van der Waals surface area contributed by atoms with Crippen molar-refractivity contribution in [2.45, 2.75) is 77.0 Å². The molecule has 17 rings (SSSR count). The highest BCUT2D eigenvalue weighted by molar-refractivity contribution is 6.23. The first-order chi connectivity index (χ1) is 36.8. The standard InChI is InChI=1S/C72H53NO3/c1-69(2)48-26-14-9-21-42(48)60-64(69)62-56(58-46-23-12-17-30-54(46)75-67(58)60)44-34-32-38(36-50(44)71(62,5)6)73(52-28-19-25-41-40-20-11-16-29-53(40)74-66(41)52)39-33-35-45-51(37-39)72(7,8)63-57(45)59-47-24-13-18-31-55(47)76-68(59)61-43-22-10-15-27-49(43)70(3,4)65(61)63/h9-37H,1-8H3. The minimum atomic E-state index is -0.376. The highest BCUT2D eigenvalue weighted by Crippen LogP contribution is 2.66. The monoisotopic (exact) mass is 979 g/mol. The molecular formula is C72H53NO3. The molecule has 0 fully saturated rings. The van der Waals surface area contributed by atoms with Gasteiger partial charge in [0.1, 0.15) is 27.9 Å². The fraction of sp³-hybridized carbons (Fsp3) is 0.167. The van der Waals surface area contributed by atoms with Gasteiger partial charge in [0.05, 0.1) is 5.69 Å². The maximum Gasteiger partial charge on any atom is 0.159 e. The third kappa shape index (κ3) is 4.94. The molecule has 4 heteroatoms. The summed E-state index contributed by atoms with van der Waals surface area (Å²) in [7, 11) is 0. The van der Waals surface area contributed by atoms with Crippen molar-refractivity contribution >= 4 is 82.9 Å². The van der Waals surface area contributed by atoms with Gasteiger partial charge in [-0.1, -0.05) is 183 Å². The highest BCUT2D eigenvalue weighted by atomic mass is 16.3. The Morgan fingerprint density at radius 3 is 1.17 bits per heavy atom. The maximum absolute atomic E-state index is 7.04. The van der Waals surface area contributed by atoms with Crippen LogP contribution in [0.3, 0.4) is 0 Å². The van der Waals surface area contributed by atoms with E-state index in [9.17, 15) is 0 Å². The molecule has 0 spiro atoms. The Labute approximate surface area is 440 Å². The minimum absolute atomic E-state index is 0.254. The largest absolute Gasteiger partial charge is 0.455 e. The quantitative estimate of drug-likeness (QED) is 0.177. The molecule has 0 amide bonds. The maximum atomic E-state index is 7.04. The van der Waals surface area contributed by atoms with Gasteiger partial charge in [-0.05, 0) is 126 Å². The molecule has 4 nitrogen and oxygen atoms in total. The van der Waals surface area contributed by atoms with Crippen LogP contribution >= 0.6 is 0 Å². The van der Waals surface area contributed by atoms with Crippen molar-refractivity contribution in [3.63, 3.8) is 0 Å². The summed E-state index contributed by atoms with van der Waals surface area (Å²) in [5.74, 6) is 0. The number of hydrogen-bond donors (Lipinski definition) is 0. The zero-order valence-electron chi connectivity index (χ0n) is 43.9. The van der Waals surface area contributed by atoms with Crippen LogP contribution in [0.15, 0.2) is 189 Å². The van der Waals surface area contributed by atoms with Crippen LogP contribution in [0.4, 0.5) is 17.1 Å². The average molecular weight is 980 g/mol. The fourth-order valence-corrected chi connectivity index (χ4v) is 15.6. The first-order valence-corrected chi connectivity index (χ1v) is 27.0. The summed E-state index contributed by atoms with van der Waals surface area (Å²) in [5, 5.41) is 6.93. The lowest BCUT2D eigenvalue weighted by Gasteiger charge is -2.32. The summed E-state index contributed by atoms with van der Waals surface area (Å²) in [4.78, 5) is 2.48. The van der Waals surface area contributed by atoms with E-state index in [0.29, 0.717) is 0 Å². The SMILES string of the molecule is CC1(C)c2ccccc2-c2c1c1c(c3c2oc2ccccc23)-c2ccc(N(c3ccc4c(c3)C(C)(C)c3c5c(c6oc7ccccc7c6c3-4)-c3ccccc3C5(C)C)c3cccc4c3oc3ccccc34)cc2C1(C)C. The Balaban J connectivity index is 0.931. The molecule has 76 heavy (non-hydrogen) atoms. The van der Waals surface area contributed by atoms with Crippen LogP contribution in [0.1, 0.15) is 99.9 Å². The number of rotatable bonds is 3. The molecule has 0 saturated carbocycles. The molecule has 0 unspecified atom stereocenters. The van der Waals surface area contributed by atoms with Crippen LogP contribution in [0, 0.1) is 0 Å². The lowest BCUT2D eigenvalue weighted by molar-refractivity contribution is 0.600. The summed E-state index contributed by atoms with van der Waals surface area (Å²) in [6, 6.07) is 64.8. The number of benzene rings is 10. The zero-order valence-corrected chi connectivity index (χ0v) is 43.9. The predicted octanol–water partition coefficient (Wildman–Crippen LogP) is 20.1. The van der Waals surface area contributed by atoms with Crippen LogP contribution in [0.25, 0.3) is 110 Å². The number of furan rings is 3. The predicted molar refractivity (Wildman–Crippen MR) is 313 cm³/mol. The second-order valence-electron chi connectivity index (χ2n) is 24.2. The van der Waals surface area contributed by atoms with Crippen LogP contribution in [-0.2, 0) is 21.7 Å². The Morgan fingerprint density at radius 1 is 0.303 bits per heavy atom. The fourth-order valence-electron chi connectivity index (χ4n) is 15.6. The van der Waals surface area contributed by atoms with Gasteiger partial charge in [0.15, 0.2) is 5.58 Å². The zero-order chi connectivity index (χ0) is 51.1. The van der Waals surface area contributed by atoms with E-state index in [-0.39, 0.29) is 21.7 Å². The van der Waals surface area contributed by atoms with Gasteiger partial charge < -0.3 is 18.2 Å². The minimum Gasteiger partial charge on any atom is -0.455 e. The van der Waals surface area contributed by atoms with Gasteiger partial charge in [-0.25, -0.2) is 0 Å². The van der Waals surface area contributed by atoms with E-state index in [1.54, 1.807) is 0 Å². The molecule has 3 aromatic heterocycles. The van der Waals surface area contributed by atoms with E-state index >= 15 is 0 Å². The van der Waals surface area contributed by atoms with Gasteiger partial charge in [-0.2, -0.15) is 0 Å². The Hall–Kier alpha value is -8.60. The van der Waals surface area contributed by atoms with Crippen LogP contribution in [0.5, 0.6) is 0 Å². The van der Waals surface area contributed by atoms with Crippen molar-refractivity contribution in [1.29, 1.82) is 0 Å². The summed E-state index contributed by atoms with van der Waals surface area (Å²) in [5.41, 5.74) is 28.4. The second-order valence-corrected chi connectivity index (χ2v) is 24.2. The number of fused-ring (bicyclic) bond motifs is 27. The molecule has 0 radical (unpaired) electrons. The summed E-state index contributed by atoms with van der Waals surface area (Å²) in [6.45, 7) is 19.4. The number of anilines is 3. The molecule has 13 aromatic rings. The summed E-state index contributed by atoms with van der Waals surface area (Å²) < 4.78 is 21.1. The smallest absolute Gasteiger partial charge is 0.159 e. The second kappa shape index (κ2) is 13.8. The molecule has 4 aliphatic rings. The van der Waals surface area contributed by atoms with Gasteiger partial charge in [0.25, 0.3) is 0 Å². The Morgan fingerprint density at radius 2 is 0.671 bits per heavy atom. The first-order valence-electron chi connectivity index (χ1n) is 27.0. The Bertz CT molecular complexity index is 4580. The average Bonchev–Trinajstić information content (AvgIpc) is 4.15. The van der Waals surface area contributed by atoms with E-state index in [1.165, 1.54) is 99.8 Å². The molecule has 4 aliphatic carbocycles. The van der Waals surface area contributed by atoms with Gasteiger partial charge in [-0.3, -0.25) is 0 Å². The van der Waals surface area contributed by atoms with Gasteiger partial charge in [0.2, 0.25) is 0 Å². The summed E-state index contributed by atoms with van der Waals surface area (Å²) >= 11 is 0. The van der Waals surface area contributed by atoms with E-state index in [0.717, 1.165) is 72.1 Å². The van der Waals surface area contributed by atoms with Gasteiger partial charge in [-0.15, -0.1) is 0 Å². The molecular weight excluding hydrogens is 927 g/mol. The number of para-hydroxylation sites is 4. The number of hydrogen-bond acceptors (Lipinski definition) is 4. The van der Waals surface area contributed by atoms with Gasteiger partial charge in [0, 0.05) is 76.5 Å². The molecule has 0 atom stereocenters. The lowest BCUT2D eigenvalue weighted by Crippen LogP contribution is -2.24. The van der Waals surface area contributed by atoms with Crippen molar-refractivity contribution in [2.24, 2.45) is 0 Å². The van der Waals surface area contributed by atoms with Crippen molar-refractivity contribution in [1.82, 2.24) is 0 Å². The number of nitrogens with zero attached hydrogens (tertiary/aromatic N) is 1. The van der Waals surface area contributed by atoms with Crippen molar-refractivity contribution in [3.05, 3.63) is 220 Å². The van der Waals surface area contributed by atoms with Crippen LogP contribution in [-0.4, -0.2) is 0 Å². The van der Waals surface area contributed by atoms with Crippen molar-refractivity contribution in [3.8, 4) is 44.5 Å². The molecule has 0 aliphatic heterocycles. The highest BCUT2D eigenvalue weighted by Gasteiger charge is 2.51. The van der Waals surface area contributed by atoms with E-state index in [2.05, 4.69) is 236 Å². The normalized spacial score (nSPS) is 16.3. The first kappa shape index (κ1) is 42.7. The molecule has 0 N–H and O–H groups in total. The van der Waals surface area contributed by atoms with Crippen LogP contribution in [0.2, 0.25) is 0 Å². The molecule has 364 valence electrons. The van der Waals surface area contributed by atoms with Gasteiger partial charge >= 0.3 is 0 Å². The molecule has 0 saturated heterocycles. The van der Waals surface area contributed by atoms with Crippen molar-refractivity contribution < 1.29 is 13.3 Å². The van der Waals surface area contributed by atoms with E-state index < -0.39 is 0 Å². The van der Waals surface area contributed by atoms with Crippen LogP contribution < -0.4 is 4.90 Å². The van der Waals surface area contributed by atoms with Crippen molar-refractivity contribution in [2.75, 3.05) is 4.90 Å². The van der Waals surface area contributed by atoms with E-state index in [1.807, 2.05) is 0 Å². The third-order valence-corrected chi connectivity index (χ3v) is 18.9. The third-order valence-electron chi connectivity index (χ3n) is 18.9. The topological polar surface area (TPSA) is 42.7 Å². The lowest BCUT2D eigenvalue weighted by atomic mass is 9.72. The Kier molecular flexibility index (Phi) is 7.76. The molecule has 3 heterocycles. The molecule has 10 aromatic carbocycles. The summed E-state index contributed by atoms with van der Waals surface area (Å²) in [6.07, 6.45) is 0.